The van der Waals surface area contributed by atoms with Crippen LogP contribution in [0.25, 0.3) is 10.4 Å². The second-order valence-corrected chi connectivity index (χ2v) is 13.8. The van der Waals surface area contributed by atoms with E-state index in [9.17, 15) is 43.3 Å². The summed E-state index contributed by atoms with van der Waals surface area (Å²) < 4.78 is 36.1. The first-order chi connectivity index (χ1) is 22.3. The first-order valence-corrected chi connectivity index (χ1v) is 16.4. The highest BCUT2D eigenvalue weighted by molar-refractivity contribution is 7.89. The van der Waals surface area contributed by atoms with E-state index in [1.54, 1.807) is 6.20 Å². The van der Waals surface area contributed by atoms with Gasteiger partial charge in [0.15, 0.2) is 0 Å². The van der Waals surface area contributed by atoms with Crippen molar-refractivity contribution in [2.45, 2.75) is 44.2 Å². The number of hydrogen-bond donors (Lipinski definition) is 2. The third-order valence-electron chi connectivity index (χ3n) is 8.20. The molecule has 2 N–H and O–H groups in total. The highest BCUT2D eigenvalue weighted by atomic mass is 32.2. The largest absolute Gasteiger partial charge is 0.456 e. The first-order valence-electron chi connectivity index (χ1n) is 14.1. The molecule has 1 fully saturated rings. The van der Waals surface area contributed by atoms with Crippen LogP contribution in [-0.2, 0) is 37.5 Å². The number of carbonyl (C=O) groups is 2. The zero-order valence-corrected chi connectivity index (χ0v) is 26.3. The summed E-state index contributed by atoms with van der Waals surface area (Å²) in [6.45, 7) is 2.93. The summed E-state index contributed by atoms with van der Waals surface area (Å²) in [6.07, 6.45) is 1.93. The summed E-state index contributed by atoms with van der Waals surface area (Å²) in [5.41, 5.74) is 1.14. The van der Waals surface area contributed by atoms with Gasteiger partial charge in [-0.15, -0.1) is 11.3 Å². The van der Waals surface area contributed by atoms with Crippen LogP contribution in [0.1, 0.15) is 29.9 Å². The van der Waals surface area contributed by atoms with Gasteiger partial charge in [-0.1, -0.05) is 19.1 Å². The number of thiazole rings is 1. The van der Waals surface area contributed by atoms with Crippen LogP contribution < -0.4 is 4.72 Å². The van der Waals surface area contributed by atoms with Crippen LogP contribution in [0.5, 0.6) is 0 Å². The number of fused-ring (bicyclic) bond motifs is 2. The van der Waals surface area contributed by atoms with E-state index >= 15 is 0 Å². The maximum Gasteiger partial charge on any atom is 0.355 e. The fourth-order valence-corrected chi connectivity index (χ4v) is 8.46. The van der Waals surface area contributed by atoms with Crippen molar-refractivity contribution in [2.24, 2.45) is 11.8 Å². The number of rotatable bonds is 11. The number of sulfonamides is 1. The van der Waals surface area contributed by atoms with E-state index in [0.717, 1.165) is 11.3 Å². The second kappa shape index (κ2) is 12.0. The minimum absolute atomic E-state index is 0.0236. The van der Waals surface area contributed by atoms with Crippen molar-refractivity contribution in [3.05, 3.63) is 103 Å². The Morgan fingerprint density at radius 2 is 1.68 bits per heavy atom. The van der Waals surface area contributed by atoms with E-state index < -0.39 is 55.7 Å². The monoisotopic (exact) mass is 682 g/mol. The lowest BCUT2D eigenvalue weighted by atomic mass is 9.77. The zero-order chi connectivity index (χ0) is 33.8. The summed E-state index contributed by atoms with van der Waals surface area (Å²) in [7, 11) is -4.16. The topological polar surface area (TPSA) is 217 Å². The van der Waals surface area contributed by atoms with Crippen molar-refractivity contribution in [2.75, 3.05) is 0 Å². The van der Waals surface area contributed by atoms with Crippen LogP contribution in [0, 0.1) is 32.1 Å². The average Bonchev–Trinajstić information content (AvgIpc) is 3.69. The molecule has 0 unspecified atom stereocenters. The van der Waals surface area contributed by atoms with Gasteiger partial charge in [0.25, 0.3) is 21.4 Å². The quantitative estimate of drug-likeness (QED) is 0.101. The SMILES string of the molecule is C[C@@H](O)[C@H]1C(=O)N2C(C(=O)OCc3ccc([N+](=O)[O-])cc3)=C(c3cn4cnc(S(=O)(=O)NCc5ccc([N+](=O)[O-])cc5)c4s3)[C@H](C)[C@H]12. The molecule has 4 atom stereocenters. The Kier molecular flexibility index (Phi) is 8.12. The van der Waals surface area contributed by atoms with Crippen molar-refractivity contribution in [3.63, 3.8) is 0 Å². The number of ether oxygens (including phenoxy) is 1. The van der Waals surface area contributed by atoms with Crippen molar-refractivity contribution in [1.82, 2.24) is 19.0 Å². The maximum atomic E-state index is 13.6. The Morgan fingerprint density at radius 1 is 1.09 bits per heavy atom. The lowest BCUT2D eigenvalue weighted by Crippen LogP contribution is -2.63. The molecular weight excluding hydrogens is 656 g/mol. The minimum Gasteiger partial charge on any atom is -0.456 e. The van der Waals surface area contributed by atoms with Gasteiger partial charge in [-0.05, 0) is 30.2 Å². The van der Waals surface area contributed by atoms with Gasteiger partial charge in [0, 0.05) is 48.5 Å². The van der Waals surface area contributed by atoms with Crippen molar-refractivity contribution in [3.8, 4) is 0 Å². The van der Waals surface area contributed by atoms with E-state index in [0.29, 0.717) is 21.6 Å². The van der Waals surface area contributed by atoms with Crippen LogP contribution in [0.3, 0.4) is 0 Å². The number of aromatic nitrogens is 2. The number of nitrogens with zero attached hydrogens (tertiary/aromatic N) is 5. The van der Waals surface area contributed by atoms with Gasteiger partial charge in [-0.3, -0.25) is 29.4 Å². The predicted octanol–water partition coefficient (Wildman–Crippen LogP) is 3.00. The second-order valence-electron chi connectivity index (χ2n) is 11.1. The molecule has 2 aromatic carbocycles. The number of aliphatic hydroxyl groups is 1. The molecule has 6 rings (SSSR count). The highest BCUT2D eigenvalue weighted by Gasteiger charge is 2.60. The van der Waals surface area contributed by atoms with Gasteiger partial charge >= 0.3 is 5.97 Å². The van der Waals surface area contributed by atoms with E-state index in [-0.39, 0.29) is 40.1 Å². The molecule has 0 bridgehead atoms. The first kappa shape index (κ1) is 31.9. The molecule has 244 valence electrons. The highest BCUT2D eigenvalue weighted by Crippen LogP contribution is 2.52. The lowest BCUT2D eigenvalue weighted by molar-refractivity contribution is -0.385. The smallest absolute Gasteiger partial charge is 0.355 e. The lowest BCUT2D eigenvalue weighted by Gasteiger charge is -2.46. The molecule has 18 heteroatoms. The molecular formula is C29H26N6O10S2. The van der Waals surface area contributed by atoms with Gasteiger partial charge in [0.2, 0.25) is 10.9 Å². The molecule has 0 aliphatic carbocycles. The molecule has 0 saturated carbocycles. The fourth-order valence-electron chi connectivity index (χ4n) is 5.88. The fraction of sp³-hybridized carbons (Fsp3) is 0.276. The molecule has 0 radical (unpaired) electrons. The Hall–Kier alpha value is -5.04. The summed E-state index contributed by atoms with van der Waals surface area (Å²) in [5, 5.41) is 31.9. The number of esters is 1. The Bertz CT molecular complexity index is 2070. The maximum absolute atomic E-state index is 13.6. The van der Waals surface area contributed by atoms with E-state index in [2.05, 4.69) is 9.71 Å². The third-order valence-corrected chi connectivity index (χ3v) is 10.8. The number of carbonyl (C=O) groups excluding carboxylic acids is 2. The van der Waals surface area contributed by atoms with Crippen LogP contribution in [0.4, 0.5) is 11.4 Å². The molecule has 4 heterocycles. The molecule has 1 saturated heterocycles. The summed E-state index contributed by atoms with van der Waals surface area (Å²) in [5.74, 6) is -2.46. The van der Waals surface area contributed by atoms with Crippen LogP contribution in [0.2, 0.25) is 0 Å². The molecule has 47 heavy (non-hydrogen) atoms. The zero-order valence-electron chi connectivity index (χ0n) is 24.7. The standard InChI is InChI=1S/C29H26N6O10S2/c1-15-22(21-12-32-14-30-26(28(32)46-21)47(43,44)31-11-17-3-7-19(8-4-17)34(39)40)25(33-24(15)23(16(2)36)27(33)37)29(38)45-13-18-5-9-20(10-6-18)35(41)42/h3-10,12,14-16,23-24,31,36H,11,13H2,1-2H3/t15-,16+,23+,24+/m0/s1. The molecule has 2 aliphatic rings. The van der Waals surface area contributed by atoms with E-state index in [1.165, 1.54) is 71.1 Å². The number of hydrogen-bond acceptors (Lipinski definition) is 12. The number of amides is 1. The Balaban J connectivity index is 1.30. The van der Waals surface area contributed by atoms with E-state index in [1.807, 2.05) is 6.92 Å². The van der Waals surface area contributed by atoms with Crippen molar-refractivity contribution < 1.29 is 37.7 Å². The number of β-lactam (4-membered cyclic amide) rings is 1. The van der Waals surface area contributed by atoms with Gasteiger partial charge in [-0.2, -0.15) is 0 Å². The Morgan fingerprint density at radius 3 is 2.26 bits per heavy atom. The average molecular weight is 683 g/mol. The van der Waals surface area contributed by atoms with E-state index in [4.69, 9.17) is 4.74 Å². The van der Waals surface area contributed by atoms with Crippen LogP contribution >= 0.6 is 11.3 Å². The summed E-state index contributed by atoms with van der Waals surface area (Å²) >= 11 is 1.04. The molecule has 2 aromatic heterocycles. The number of nitro benzene ring substituents is 2. The van der Waals surface area contributed by atoms with Crippen LogP contribution in [0.15, 0.2) is 71.8 Å². The van der Waals surface area contributed by atoms with Gasteiger partial charge in [-0.25, -0.2) is 22.9 Å². The van der Waals surface area contributed by atoms with Gasteiger partial charge in [0.1, 0.15) is 23.5 Å². The molecule has 16 nitrogen and oxygen atoms in total. The third kappa shape index (κ3) is 5.64. The summed E-state index contributed by atoms with van der Waals surface area (Å²) in [4.78, 5) is 53.6. The number of imidazole rings is 1. The van der Waals surface area contributed by atoms with Crippen LogP contribution in [-0.4, -0.2) is 61.7 Å². The molecule has 4 aromatic rings. The summed E-state index contributed by atoms with van der Waals surface area (Å²) in [6, 6.07) is 10.3. The number of benzene rings is 2. The molecule has 2 aliphatic heterocycles. The normalized spacial score (nSPS) is 19.9. The number of nitrogens with one attached hydrogen (secondary N) is 1. The van der Waals surface area contributed by atoms with Gasteiger partial charge < -0.3 is 14.7 Å². The predicted molar refractivity (Wildman–Crippen MR) is 165 cm³/mol. The molecule has 1 amide bonds. The molecule has 0 spiro atoms. The number of nitro groups is 2. The Labute approximate surface area is 270 Å². The van der Waals surface area contributed by atoms with Gasteiger partial charge in [0.05, 0.1) is 32.8 Å². The van der Waals surface area contributed by atoms with Crippen molar-refractivity contribution >= 4 is 55.0 Å². The minimum atomic E-state index is -4.16. The van der Waals surface area contributed by atoms with Crippen molar-refractivity contribution in [1.29, 1.82) is 0 Å². The number of non-ortho nitro benzene ring substituents is 2. The number of aliphatic hydroxyl groups excluding tert-OH is 1.